The van der Waals surface area contributed by atoms with Crippen LogP contribution in [0.1, 0.15) is 23.7 Å². The first-order chi connectivity index (χ1) is 12.0. The van der Waals surface area contributed by atoms with E-state index in [1.165, 1.54) is 0 Å². The molecule has 0 atom stereocenters. The van der Waals surface area contributed by atoms with Gasteiger partial charge in [0, 0.05) is 29.0 Å². The molecule has 0 spiro atoms. The second-order valence-corrected chi connectivity index (χ2v) is 5.33. The quantitative estimate of drug-likeness (QED) is 0.618. The fourth-order valence-electron chi connectivity index (χ4n) is 2.09. The molecular weight excluding hydrogens is 320 g/mol. The molecule has 7 nitrogen and oxygen atoms in total. The summed E-state index contributed by atoms with van der Waals surface area (Å²) in [5.41, 5.74) is 7.40. The maximum Gasteiger partial charge on any atom is 0.248 e. The van der Waals surface area contributed by atoms with E-state index in [9.17, 15) is 14.4 Å². The van der Waals surface area contributed by atoms with Gasteiger partial charge in [-0.2, -0.15) is 0 Å². The van der Waals surface area contributed by atoms with Crippen LogP contribution in [-0.4, -0.2) is 24.3 Å². The molecule has 7 heteroatoms. The van der Waals surface area contributed by atoms with Crippen molar-refractivity contribution >= 4 is 34.8 Å². The topological polar surface area (TPSA) is 113 Å². The Morgan fingerprint density at radius 3 is 2.12 bits per heavy atom. The molecule has 0 heterocycles. The molecule has 0 aliphatic rings. The average Bonchev–Trinajstić information content (AvgIpc) is 2.60. The molecule has 2 aromatic rings. The second kappa shape index (κ2) is 8.49. The van der Waals surface area contributed by atoms with Crippen LogP contribution in [0.15, 0.2) is 48.5 Å². The Hall–Kier alpha value is -3.35. The van der Waals surface area contributed by atoms with Crippen molar-refractivity contribution in [1.29, 1.82) is 0 Å². The third-order valence-electron chi connectivity index (χ3n) is 3.35. The molecule has 0 aromatic heterocycles. The second-order valence-electron chi connectivity index (χ2n) is 5.33. The first-order valence-electron chi connectivity index (χ1n) is 7.81. The maximum atomic E-state index is 12.0. The minimum absolute atomic E-state index is 0.0216. The summed E-state index contributed by atoms with van der Waals surface area (Å²) in [4.78, 5) is 34.6. The van der Waals surface area contributed by atoms with Crippen molar-refractivity contribution in [1.82, 2.24) is 0 Å². The number of carbonyl (C=O) groups is 3. The van der Waals surface area contributed by atoms with Crippen LogP contribution in [0.4, 0.5) is 17.1 Å². The van der Waals surface area contributed by atoms with Gasteiger partial charge in [0.1, 0.15) is 0 Å². The molecule has 0 aliphatic carbocycles. The van der Waals surface area contributed by atoms with Crippen molar-refractivity contribution in [3.63, 3.8) is 0 Å². The summed E-state index contributed by atoms with van der Waals surface area (Å²) >= 11 is 0. The number of primary amides is 1. The van der Waals surface area contributed by atoms with Gasteiger partial charge < -0.3 is 21.7 Å². The Morgan fingerprint density at radius 2 is 1.48 bits per heavy atom. The number of carbonyl (C=O) groups excluding carboxylic acids is 3. The highest BCUT2D eigenvalue weighted by atomic mass is 16.2. The monoisotopic (exact) mass is 340 g/mol. The van der Waals surface area contributed by atoms with Crippen LogP contribution in [0.3, 0.4) is 0 Å². The van der Waals surface area contributed by atoms with E-state index in [-0.39, 0.29) is 18.4 Å². The van der Waals surface area contributed by atoms with E-state index in [1.807, 2.05) is 0 Å². The van der Waals surface area contributed by atoms with E-state index in [0.29, 0.717) is 29.0 Å². The zero-order chi connectivity index (χ0) is 18.2. The molecule has 2 rings (SSSR count). The zero-order valence-electron chi connectivity index (χ0n) is 13.8. The lowest BCUT2D eigenvalue weighted by Gasteiger charge is -2.10. The molecule has 0 aliphatic heterocycles. The number of nitrogens with two attached hydrogens (primary N) is 1. The summed E-state index contributed by atoms with van der Waals surface area (Å²) < 4.78 is 0. The van der Waals surface area contributed by atoms with Crippen molar-refractivity contribution in [3.05, 3.63) is 54.1 Å². The van der Waals surface area contributed by atoms with Gasteiger partial charge in [0.2, 0.25) is 17.7 Å². The van der Waals surface area contributed by atoms with E-state index in [2.05, 4.69) is 16.0 Å². The summed E-state index contributed by atoms with van der Waals surface area (Å²) in [6, 6.07) is 13.5. The summed E-state index contributed by atoms with van der Waals surface area (Å²) in [5.74, 6) is -0.887. The van der Waals surface area contributed by atoms with Crippen molar-refractivity contribution in [3.8, 4) is 0 Å². The molecule has 0 unspecified atom stereocenters. The van der Waals surface area contributed by atoms with Gasteiger partial charge in [-0.3, -0.25) is 14.4 Å². The summed E-state index contributed by atoms with van der Waals surface area (Å²) in [5, 5.41) is 8.39. The molecule has 2 aromatic carbocycles. The van der Waals surface area contributed by atoms with Crippen LogP contribution in [0, 0.1) is 0 Å². The van der Waals surface area contributed by atoms with Crippen LogP contribution in [0.5, 0.6) is 0 Å². The van der Waals surface area contributed by atoms with Crippen LogP contribution in [0.2, 0.25) is 0 Å². The van der Waals surface area contributed by atoms with Gasteiger partial charge in [-0.1, -0.05) is 19.1 Å². The Kier molecular flexibility index (Phi) is 6.11. The minimum Gasteiger partial charge on any atom is -0.376 e. The fraction of sp³-hybridized carbons (Fsp3) is 0.167. The number of hydrogen-bond acceptors (Lipinski definition) is 4. The van der Waals surface area contributed by atoms with Crippen molar-refractivity contribution in [2.45, 2.75) is 13.3 Å². The molecule has 25 heavy (non-hydrogen) atoms. The summed E-state index contributed by atoms with van der Waals surface area (Å²) in [6.07, 6.45) is 0.380. The third-order valence-corrected chi connectivity index (χ3v) is 3.35. The average molecular weight is 340 g/mol. The normalized spacial score (nSPS) is 9.96. The minimum atomic E-state index is -0.529. The lowest BCUT2D eigenvalue weighted by atomic mass is 10.2. The van der Waals surface area contributed by atoms with Gasteiger partial charge in [-0.15, -0.1) is 0 Å². The zero-order valence-corrected chi connectivity index (χ0v) is 13.8. The van der Waals surface area contributed by atoms with E-state index in [4.69, 9.17) is 5.73 Å². The molecule has 0 fully saturated rings. The molecule has 3 amide bonds. The van der Waals surface area contributed by atoms with Gasteiger partial charge in [-0.05, 0) is 36.4 Å². The van der Waals surface area contributed by atoms with Gasteiger partial charge in [-0.25, -0.2) is 0 Å². The van der Waals surface area contributed by atoms with E-state index < -0.39 is 5.91 Å². The number of hydrogen-bond donors (Lipinski definition) is 4. The lowest BCUT2D eigenvalue weighted by molar-refractivity contribution is -0.116. The van der Waals surface area contributed by atoms with Gasteiger partial charge >= 0.3 is 0 Å². The first-order valence-corrected chi connectivity index (χ1v) is 7.81. The molecule has 0 bridgehead atoms. The Bertz CT molecular complexity index is 789. The number of amides is 3. The highest BCUT2D eigenvalue weighted by molar-refractivity contribution is 5.96. The van der Waals surface area contributed by atoms with Gasteiger partial charge in [0.15, 0.2) is 0 Å². The standard InChI is InChI=1S/C18H20N4O3/c1-2-16(23)21-14-7-4-8-15(10-14)22-17(24)11-20-13-6-3-5-12(9-13)18(19)25/h3-10,20H,2,11H2,1H3,(H2,19,25)(H,21,23)(H,22,24). The number of anilines is 3. The maximum absolute atomic E-state index is 12.0. The predicted molar refractivity (Wildman–Crippen MR) is 97.4 cm³/mol. The highest BCUT2D eigenvalue weighted by Gasteiger charge is 2.06. The first kappa shape index (κ1) is 18.0. The fourth-order valence-corrected chi connectivity index (χ4v) is 2.09. The molecule has 0 saturated carbocycles. The molecule has 130 valence electrons. The van der Waals surface area contributed by atoms with Gasteiger partial charge in [0.05, 0.1) is 6.54 Å². The largest absolute Gasteiger partial charge is 0.376 e. The molecule has 0 saturated heterocycles. The molecule has 0 radical (unpaired) electrons. The van der Waals surface area contributed by atoms with Crippen molar-refractivity contribution < 1.29 is 14.4 Å². The number of benzene rings is 2. The van der Waals surface area contributed by atoms with Crippen molar-refractivity contribution in [2.24, 2.45) is 5.73 Å². The predicted octanol–water partition coefficient (Wildman–Crippen LogP) is 2.18. The lowest BCUT2D eigenvalue weighted by Crippen LogP contribution is -2.22. The van der Waals surface area contributed by atoms with Crippen molar-refractivity contribution in [2.75, 3.05) is 22.5 Å². The smallest absolute Gasteiger partial charge is 0.248 e. The number of nitrogens with one attached hydrogen (secondary N) is 3. The van der Waals surface area contributed by atoms with Crippen LogP contribution in [-0.2, 0) is 9.59 Å². The van der Waals surface area contributed by atoms with E-state index in [1.54, 1.807) is 55.5 Å². The molecular formula is C18H20N4O3. The molecule has 5 N–H and O–H groups in total. The van der Waals surface area contributed by atoms with Crippen LogP contribution in [0.25, 0.3) is 0 Å². The van der Waals surface area contributed by atoms with Gasteiger partial charge in [0.25, 0.3) is 0 Å². The van der Waals surface area contributed by atoms with E-state index >= 15 is 0 Å². The third kappa shape index (κ3) is 5.65. The Labute approximate surface area is 145 Å². The summed E-state index contributed by atoms with van der Waals surface area (Å²) in [6.45, 7) is 1.79. The van der Waals surface area contributed by atoms with E-state index in [0.717, 1.165) is 0 Å². The summed E-state index contributed by atoms with van der Waals surface area (Å²) in [7, 11) is 0. The van der Waals surface area contributed by atoms with Crippen LogP contribution >= 0.6 is 0 Å². The van der Waals surface area contributed by atoms with Crippen LogP contribution < -0.4 is 21.7 Å². The highest BCUT2D eigenvalue weighted by Crippen LogP contribution is 2.15. The SMILES string of the molecule is CCC(=O)Nc1cccc(NC(=O)CNc2cccc(C(N)=O)c2)c1. The number of rotatable bonds is 7. The Balaban J connectivity index is 1.92. The Morgan fingerprint density at radius 1 is 0.880 bits per heavy atom.